The maximum atomic E-state index is 12.6. The first-order valence-corrected chi connectivity index (χ1v) is 8.02. The molecule has 2 rings (SSSR count). The second-order valence-corrected chi connectivity index (χ2v) is 6.92. The Morgan fingerprint density at radius 3 is 2.55 bits per heavy atom. The molecule has 2 atom stereocenters. The topological polar surface area (TPSA) is 46.3 Å². The van der Waals surface area contributed by atoms with E-state index in [1.54, 1.807) is 0 Å². The molecule has 1 fully saturated rings. The van der Waals surface area contributed by atoms with Crippen molar-refractivity contribution in [2.75, 3.05) is 13.1 Å². The summed E-state index contributed by atoms with van der Waals surface area (Å²) in [6.07, 6.45) is 2.50. The molecule has 22 heavy (non-hydrogen) atoms. The Kier molecular flexibility index (Phi) is 6.89. The SMILES string of the molecule is CCC(CC(=O)N1CCC(N)C(C)(C)C1)c1ccccc1.Cl. The standard InChI is InChI=1S/C18H28N2O.ClH/c1-4-14(15-8-6-5-7-9-15)12-17(21)20-11-10-16(19)18(2,3)13-20;/h5-9,14,16H,4,10-13,19H2,1-3H3;1H. The molecule has 0 radical (unpaired) electrons. The molecule has 1 aliphatic heterocycles. The number of carbonyl (C=O) groups is 1. The Hall–Kier alpha value is -1.06. The first-order valence-electron chi connectivity index (χ1n) is 8.02. The third-order valence-corrected chi connectivity index (χ3v) is 4.85. The number of hydrogen-bond donors (Lipinski definition) is 1. The van der Waals surface area contributed by atoms with Crippen LogP contribution in [0.4, 0.5) is 0 Å². The summed E-state index contributed by atoms with van der Waals surface area (Å²) in [5.41, 5.74) is 7.44. The summed E-state index contributed by atoms with van der Waals surface area (Å²) in [7, 11) is 0. The molecule has 124 valence electrons. The molecule has 0 aliphatic carbocycles. The van der Waals surface area contributed by atoms with Crippen LogP contribution < -0.4 is 5.73 Å². The minimum atomic E-state index is 0. The molecular formula is C18H29ClN2O. The van der Waals surface area contributed by atoms with Crippen LogP contribution in [-0.4, -0.2) is 29.9 Å². The molecule has 1 aromatic carbocycles. The van der Waals surface area contributed by atoms with Crippen molar-refractivity contribution in [1.29, 1.82) is 0 Å². The lowest BCUT2D eigenvalue weighted by Crippen LogP contribution is -2.54. The largest absolute Gasteiger partial charge is 0.342 e. The maximum Gasteiger partial charge on any atom is 0.223 e. The summed E-state index contributed by atoms with van der Waals surface area (Å²) in [5.74, 6) is 0.586. The van der Waals surface area contributed by atoms with Gasteiger partial charge in [0.05, 0.1) is 0 Å². The summed E-state index contributed by atoms with van der Waals surface area (Å²) >= 11 is 0. The number of piperidine rings is 1. The van der Waals surface area contributed by atoms with E-state index in [2.05, 4.69) is 32.9 Å². The number of nitrogens with two attached hydrogens (primary N) is 1. The van der Waals surface area contributed by atoms with E-state index in [0.717, 1.165) is 25.9 Å². The Morgan fingerprint density at radius 1 is 1.36 bits per heavy atom. The molecule has 0 saturated carbocycles. The normalized spacial score (nSPS) is 21.8. The van der Waals surface area contributed by atoms with E-state index in [1.807, 2.05) is 23.1 Å². The molecule has 3 nitrogen and oxygen atoms in total. The third kappa shape index (κ3) is 4.47. The summed E-state index contributed by atoms with van der Waals surface area (Å²) in [6, 6.07) is 10.6. The van der Waals surface area contributed by atoms with Gasteiger partial charge in [-0.05, 0) is 29.7 Å². The van der Waals surface area contributed by atoms with Crippen LogP contribution in [-0.2, 0) is 4.79 Å². The number of likely N-dealkylation sites (tertiary alicyclic amines) is 1. The molecule has 0 aromatic heterocycles. The zero-order chi connectivity index (χ0) is 15.5. The smallest absolute Gasteiger partial charge is 0.223 e. The van der Waals surface area contributed by atoms with Gasteiger partial charge in [-0.15, -0.1) is 12.4 Å². The van der Waals surface area contributed by atoms with Crippen molar-refractivity contribution in [3.63, 3.8) is 0 Å². The number of halogens is 1. The molecule has 1 aromatic rings. The predicted octanol–water partition coefficient (Wildman–Crippen LogP) is 3.58. The zero-order valence-corrected chi connectivity index (χ0v) is 14.7. The highest BCUT2D eigenvalue weighted by molar-refractivity contribution is 5.85. The Balaban J connectivity index is 0.00000242. The van der Waals surface area contributed by atoms with Gasteiger partial charge in [-0.3, -0.25) is 4.79 Å². The summed E-state index contributed by atoms with van der Waals surface area (Å²) in [6.45, 7) is 8.05. The average Bonchev–Trinajstić information content (AvgIpc) is 2.48. The molecule has 2 unspecified atom stereocenters. The molecule has 1 aliphatic rings. The lowest BCUT2D eigenvalue weighted by Gasteiger charge is -2.43. The van der Waals surface area contributed by atoms with Gasteiger partial charge in [0.15, 0.2) is 0 Å². The zero-order valence-electron chi connectivity index (χ0n) is 13.9. The van der Waals surface area contributed by atoms with Gasteiger partial charge >= 0.3 is 0 Å². The molecule has 1 saturated heterocycles. The number of hydrogen-bond acceptors (Lipinski definition) is 2. The quantitative estimate of drug-likeness (QED) is 0.920. The fraction of sp³-hybridized carbons (Fsp3) is 0.611. The van der Waals surface area contributed by atoms with Crippen LogP contribution in [0.5, 0.6) is 0 Å². The van der Waals surface area contributed by atoms with Gasteiger partial charge in [0, 0.05) is 25.6 Å². The fourth-order valence-corrected chi connectivity index (χ4v) is 3.15. The number of carbonyl (C=O) groups excluding carboxylic acids is 1. The van der Waals surface area contributed by atoms with Crippen molar-refractivity contribution in [2.45, 2.75) is 52.0 Å². The van der Waals surface area contributed by atoms with Crippen LogP contribution in [0.2, 0.25) is 0 Å². The molecule has 2 N–H and O–H groups in total. The minimum absolute atomic E-state index is 0. The van der Waals surface area contributed by atoms with E-state index in [4.69, 9.17) is 5.73 Å². The monoisotopic (exact) mass is 324 g/mol. The van der Waals surface area contributed by atoms with Crippen LogP contribution in [0.15, 0.2) is 30.3 Å². The van der Waals surface area contributed by atoms with Crippen molar-refractivity contribution in [3.8, 4) is 0 Å². The van der Waals surface area contributed by atoms with E-state index < -0.39 is 0 Å². The predicted molar refractivity (Wildman–Crippen MR) is 94.3 cm³/mol. The molecule has 0 bridgehead atoms. The summed E-state index contributed by atoms with van der Waals surface area (Å²) < 4.78 is 0. The van der Waals surface area contributed by atoms with Gasteiger partial charge in [0.2, 0.25) is 5.91 Å². The highest BCUT2D eigenvalue weighted by atomic mass is 35.5. The maximum absolute atomic E-state index is 12.6. The minimum Gasteiger partial charge on any atom is -0.342 e. The molecule has 1 amide bonds. The Morgan fingerprint density at radius 2 is 2.00 bits per heavy atom. The van der Waals surface area contributed by atoms with Gasteiger partial charge in [0.25, 0.3) is 0 Å². The van der Waals surface area contributed by atoms with E-state index in [0.29, 0.717) is 12.3 Å². The van der Waals surface area contributed by atoms with Crippen molar-refractivity contribution in [2.24, 2.45) is 11.1 Å². The van der Waals surface area contributed by atoms with Crippen LogP contribution in [0, 0.1) is 5.41 Å². The first kappa shape index (κ1) is 19.0. The van der Waals surface area contributed by atoms with Gasteiger partial charge < -0.3 is 10.6 Å². The van der Waals surface area contributed by atoms with Crippen molar-refractivity contribution in [1.82, 2.24) is 4.90 Å². The van der Waals surface area contributed by atoms with E-state index in [1.165, 1.54) is 5.56 Å². The van der Waals surface area contributed by atoms with E-state index >= 15 is 0 Å². The van der Waals surface area contributed by atoms with Gasteiger partial charge in [0.1, 0.15) is 0 Å². The van der Waals surface area contributed by atoms with Gasteiger partial charge in [-0.2, -0.15) is 0 Å². The second kappa shape index (κ2) is 7.98. The Labute approximate surface area is 140 Å². The molecule has 0 spiro atoms. The average molecular weight is 325 g/mol. The highest BCUT2D eigenvalue weighted by Gasteiger charge is 2.35. The Bertz CT molecular complexity index is 475. The van der Waals surface area contributed by atoms with Crippen LogP contribution in [0.3, 0.4) is 0 Å². The number of nitrogens with zero attached hydrogens (tertiary/aromatic N) is 1. The number of rotatable bonds is 4. The van der Waals surface area contributed by atoms with Crippen LogP contribution >= 0.6 is 12.4 Å². The molecular weight excluding hydrogens is 296 g/mol. The summed E-state index contributed by atoms with van der Waals surface area (Å²) in [4.78, 5) is 14.6. The van der Waals surface area contributed by atoms with Crippen molar-refractivity contribution >= 4 is 18.3 Å². The fourth-order valence-electron chi connectivity index (χ4n) is 3.15. The van der Waals surface area contributed by atoms with E-state index in [-0.39, 0.29) is 29.8 Å². The van der Waals surface area contributed by atoms with Crippen molar-refractivity contribution < 1.29 is 4.79 Å². The van der Waals surface area contributed by atoms with Crippen molar-refractivity contribution in [3.05, 3.63) is 35.9 Å². The third-order valence-electron chi connectivity index (χ3n) is 4.85. The summed E-state index contributed by atoms with van der Waals surface area (Å²) in [5, 5.41) is 0. The second-order valence-electron chi connectivity index (χ2n) is 6.92. The highest BCUT2D eigenvalue weighted by Crippen LogP contribution is 2.30. The lowest BCUT2D eigenvalue weighted by atomic mass is 9.79. The first-order chi connectivity index (χ1) is 9.94. The number of amides is 1. The van der Waals surface area contributed by atoms with Gasteiger partial charge in [-0.25, -0.2) is 0 Å². The van der Waals surface area contributed by atoms with E-state index in [9.17, 15) is 4.79 Å². The number of benzene rings is 1. The van der Waals surface area contributed by atoms with Gasteiger partial charge in [-0.1, -0.05) is 51.1 Å². The molecule has 4 heteroatoms. The molecule has 1 heterocycles. The van der Waals surface area contributed by atoms with Crippen LogP contribution in [0.1, 0.15) is 51.5 Å². The van der Waals surface area contributed by atoms with Crippen LogP contribution in [0.25, 0.3) is 0 Å². The lowest BCUT2D eigenvalue weighted by molar-refractivity contribution is -0.135.